The lowest BCUT2D eigenvalue weighted by atomic mass is 9.78. The van der Waals surface area contributed by atoms with Crippen molar-refractivity contribution in [2.45, 2.75) is 45.8 Å². The maximum Gasteiger partial charge on any atom is 0.309 e. The third-order valence-corrected chi connectivity index (χ3v) is 5.99. The third kappa shape index (κ3) is 4.40. The third-order valence-electron chi connectivity index (χ3n) is 5.99. The van der Waals surface area contributed by atoms with E-state index in [1.807, 2.05) is 36.4 Å². The number of aliphatic hydroxyl groups is 1. The maximum atomic E-state index is 14.0. The Morgan fingerprint density at radius 2 is 1.97 bits per heavy atom. The van der Waals surface area contributed by atoms with Crippen molar-refractivity contribution < 1.29 is 19.0 Å². The van der Waals surface area contributed by atoms with Crippen LogP contribution in [0.2, 0.25) is 0 Å². The van der Waals surface area contributed by atoms with Crippen molar-refractivity contribution >= 4 is 17.6 Å². The molecular weight excluding hydrogens is 391 g/mol. The fraction of sp³-hybridized carbons (Fsp3) is 0.296. The average molecular weight is 419 g/mol. The molecule has 1 N–H and O–H groups in total. The van der Waals surface area contributed by atoms with Crippen LogP contribution >= 0.6 is 0 Å². The van der Waals surface area contributed by atoms with Gasteiger partial charge in [-0.2, -0.15) is 0 Å². The van der Waals surface area contributed by atoms with E-state index >= 15 is 0 Å². The number of aryl methyl sites for hydroxylation is 1. The molecule has 0 bridgehead atoms. The summed E-state index contributed by atoms with van der Waals surface area (Å²) < 4.78 is 19.5. The van der Waals surface area contributed by atoms with Gasteiger partial charge >= 0.3 is 5.97 Å². The Bertz CT molecular complexity index is 1110. The smallest absolute Gasteiger partial charge is 0.309 e. The first-order chi connectivity index (χ1) is 14.7. The number of halogens is 1. The number of esters is 1. The van der Waals surface area contributed by atoms with Crippen LogP contribution in [0.1, 0.15) is 48.9 Å². The maximum absolute atomic E-state index is 14.0. The molecule has 1 aliphatic heterocycles. The molecule has 4 rings (SSSR count). The Balaban J connectivity index is 1.91. The van der Waals surface area contributed by atoms with E-state index in [4.69, 9.17) is 4.74 Å². The first-order valence-electron chi connectivity index (χ1n) is 10.6. The second kappa shape index (κ2) is 8.27. The highest BCUT2D eigenvalue weighted by atomic mass is 19.1. The Morgan fingerprint density at radius 3 is 2.71 bits per heavy atom. The van der Waals surface area contributed by atoms with Crippen molar-refractivity contribution in [2.75, 3.05) is 0 Å². The fourth-order valence-corrected chi connectivity index (χ4v) is 4.26. The predicted octanol–water partition coefficient (Wildman–Crippen LogP) is 5.61. The number of benzene rings is 2. The number of carbonyl (C=O) groups is 1. The minimum atomic E-state index is -0.688. The monoisotopic (exact) mass is 418 g/mol. The topological polar surface area (TPSA) is 46.5 Å². The molecule has 0 spiro atoms. The Kier molecular flexibility index (Phi) is 5.67. The van der Waals surface area contributed by atoms with Crippen LogP contribution in [0.4, 0.5) is 4.39 Å². The summed E-state index contributed by atoms with van der Waals surface area (Å²) in [4.78, 5) is 11.8. The van der Waals surface area contributed by atoms with Gasteiger partial charge in [0, 0.05) is 11.8 Å². The molecular formula is C27H27FO3. The number of fused-ring (bicyclic) bond motifs is 1. The molecule has 0 aromatic heterocycles. The Hall–Kier alpha value is -2.98. The lowest BCUT2D eigenvalue weighted by Gasteiger charge is -2.27. The Labute approximate surface area is 182 Å². The molecule has 2 aromatic rings. The SMILES string of the molecule is Cc1cc(C2=C(/C=C/[C@H]3C[C@H](O)CC(=O)O3)C(C)(C)C=Cc3ccccc32)ccc1F. The van der Waals surface area contributed by atoms with Crippen LogP contribution in [0.15, 0.2) is 66.3 Å². The van der Waals surface area contributed by atoms with Crippen molar-refractivity contribution in [2.24, 2.45) is 5.41 Å². The summed E-state index contributed by atoms with van der Waals surface area (Å²) in [6.45, 7) is 6.03. The van der Waals surface area contributed by atoms with Crippen molar-refractivity contribution in [1.29, 1.82) is 0 Å². The molecule has 0 amide bonds. The number of aliphatic hydroxyl groups excluding tert-OH is 1. The van der Waals surface area contributed by atoms with Gasteiger partial charge in [-0.15, -0.1) is 0 Å². The summed E-state index contributed by atoms with van der Waals surface area (Å²) in [5.74, 6) is -0.619. The minimum absolute atomic E-state index is 0.0365. The van der Waals surface area contributed by atoms with Crippen LogP contribution in [0.25, 0.3) is 11.6 Å². The summed E-state index contributed by atoms with van der Waals surface area (Å²) in [5.41, 5.74) is 5.41. The predicted molar refractivity (Wildman–Crippen MR) is 121 cm³/mol. The van der Waals surface area contributed by atoms with Gasteiger partial charge in [0.1, 0.15) is 11.9 Å². The zero-order valence-electron chi connectivity index (χ0n) is 18.1. The molecule has 3 nitrogen and oxygen atoms in total. The number of hydrogen-bond acceptors (Lipinski definition) is 3. The molecule has 1 saturated heterocycles. The van der Waals surface area contributed by atoms with E-state index in [1.165, 1.54) is 6.07 Å². The molecule has 0 unspecified atom stereocenters. The van der Waals surface area contributed by atoms with Crippen LogP contribution in [0, 0.1) is 18.2 Å². The molecule has 0 radical (unpaired) electrons. The number of allylic oxidation sites excluding steroid dienone is 3. The van der Waals surface area contributed by atoms with E-state index in [0.717, 1.165) is 27.8 Å². The zero-order chi connectivity index (χ0) is 22.2. The van der Waals surface area contributed by atoms with Crippen molar-refractivity contribution in [3.05, 3.63) is 94.3 Å². The lowest BCUT2D eigenvalue weighted by Crippen LogP contribution is -2.31. The molecule has 4 heteroatoms. The number of ether oxygens (including phenoxy) is 1. The van der Waals surface area contributed by atoms with E-state index in [-0.39, 0.29) is 23.6 Å². The van der Waals surface area contributed by atoms with Crippen LogP contribution in [-0.2, 0) is 9.53 Å². The van der Waals surface area contributed by atoms with Gasteiger partial charge in [0.05, 0.1) is 12.5 Å². The molecule has 2 atom stereocenters. The van der Waals surface area contributed by atoms with Gasteiger partial charge in [0.25, 0.3) is 0 Å². The first-order valence-corrected chi connectivity index (χ1v) is 10.6. The molecule has 1 aliphatic carbocycles. The lowest BCUT2D eigenvalue weighted by molar-refractivity contribution is -0.156. The largest absolute Gasteiger partial charge is 0.458 e. The standard InChI is InChI=1S/C27H27FO3/c1-17-14-19(8-11-24(17)28)26-22-7-5-4-6-18(22)12-13-27(2,3)23(26)10-9-21-15-20(29)16-25(30)31-21/h4-14,20-21,29H,15-16H2,1-3H3/b10-9+/t20-,21-/m0/s1. The zero-order valence-corrected chi connectivity index (χ0v) is 18.1. The highest BCUT2D eigenvalue weighted by Gasteiger charge is 2.29. The number of hydrogen-bond donors (Lipinski definition) is 1. The molecule has 0 saturated carbocycles. The molecule has 1 fully saturated rings. The fourth-order valence-electron chi connectivity index (χ4n) is 4.26. The van der Waals surface area contributed by atoms with Gasteiger partial charge in [0.2, 0.25) is 0 Å². The Morgan fingerprint density at radius 1 is 1.19 bits per heavy atom. The van der Waals surface area contributed by atoms with Crippen molar-refractivity contribution in [3.8, 4) is 0 Å². The van der Waals surface area contributed by atoms with E-state index < -0.39 is 12.2 Å². The quantitative estimate of drug-likeness (QED) is 0.659. The van der Waals surface area contributed by atoms with E-state index in [0.29, 0.717) is 12.0 Å². The van der Waals surface area contributed by atoms with E-state index in [1.54, 1.807) is 6.92 Å². The highest BCUT2D eigenvalue weighted by molar-refractivity contribution is 5.90. The highest BCUT2D eigenvalue weighted by Crippen LogP contribution is 2.43. The molecule has 2 aliphatic rings. The van der Waals surface area contributed by atoms with Gasteiger partial charge in [-0.1, -0.05) is 62.4 Å². The van der Waals surface area contributed by atoms with Gasteiger partial charge in [0.15, 0.2) is 0 Å². The molecule has 1 heterocycles. The second-order valence-electron chi connectivity index (χ2n) is 8.88. The van der Waals surface area contributed by atoms with Crippen molar-refractivity contribution in [1.82, 2.24) is 0 Å². The minimum Gasteiger partial charge on any atom is -0.458 e. The van der Waals surface area contributed by atoms with Crippen molar-refractivity contribution in [3.63, 3.8) is 0 Å². The summed E-state index contributed by atoms with van der Waals surface area (Å²) >= 11 is 0. The van der Waals surface area contributed by atoms with Crippen LogP contribution < -0.4 is 0 Å². The van der Waals surface area contributed by atoms with Crippen LogP contribution in [0.3, 0.4) is 0 Å². The summed E-state index contributed by atoms with van der Waals surface area (Å²) in [6.07, 6.45) is 7.40. The second-order valence-corrected chi connectivity index (χ2v) is 8.88. The number of cyclic esters (lactones) is 1. The van der Waals surface area contributed by atoms with Gasteiger partial charge in [-0.05, 0) is 58.5 Å². The first kappa shape index (κ1) is 21.3. The van der Waals surface area contributed by atoms with Gasteiger partial charge < -0.3 is 9.84 Å². The number of carbonyl (C=O) groups excluding carboxylic acids is 1. The summed E-state index contributed by atoms with van der Waals surface area (Å²) in [7, 11) is 0. The summed E-state index contributed by atoms with van der Waals surface area (Å²) in [6, 6.07) is 13.4. The van der Waals surface area contributed by atoms with Gasteiger partial charge in [-0.25, -0.2) is 4.39 Å². The average Bonchev–Trinajstić information content (AvgIpc) is 2.82. The molecule has 31 heavy (non-hydrogen) atoms. The normalized spacial score (nSPS) is 22.9. The van der Waals surface area contributed by atoms with Gasteiger partial charge in [-0.3, -0.25) is 4.79 Å². The van der Waals surface area contributed by atoms with Crippen LogP contribution in [-0.4, -0.2) is 23.3 Å². The molecule has 2 aromatic carbocycles. The van der Waals surface area contributed by atoms with E-state index in [2.05, 4.69) is 38.1 Å². The molecule has 160 valence electrons. The summed E-state index contributed by atoms with van der Waals surface area (Å²) in [5, 5.41) is 9.96. The number of rotatable bonds is 3. The van der Waals surface area contributed by atoms with E-state index in [9.17, 15) is 14.3 Å². The van der Waals surface area contributed by atoms with Crippen LogP contribution in [0.5, 0.6) is 0 Å².